The van der Waals surface area contributed by atoms with Gasteiger partial charge in [-0.2, -0.15) is 10.1 Å². The minimum atomic E-state index is -3.88. The number of rotatable bonds is 4. The molecule has 3 N–H and O–H groups in total. The molecule has 1 aromatic heterocycles. The molecule has 19 heavy (non-hydrogen) atoms. The van der Waals surface area contributed by atoms with Crippen LogP contribution in [0.2, 0.25) is 0 Å². The van der Waals surface area contributed by atoms with Crippen LogP contribution in [-0.4, -0.2) is 29.7 Å². The van der Waals surface area contributed by atoms with Gasteiger partial charge in [0.1, 0.15) is 5.75 Å². The maximum atomic E-state index is 11.1. The Morgan fingerprint density at radius 3 is 2.68 bits per heavy atom. The first-order valence-corrected chi connectivity index (χ1v) is 7.13. The summed E-state index contributed by atoms with van der Waals surface area (Å²) in [5.41, 5.74) is 0.643. The Bertz CT molecular complexity index is 679. The van der Waals surface area contributed by atoms with Gasteiger partial charge in [-0.25, -0.2) is 18.7 Å². The van der Waals surface area contributed by atoms with Crippen LogP contribution in [0.4, 0.5) is 0 Å². The molecule has 7 nitrogen and oxygen atoms in total. The number of aromatic nitrogens is 3. The van der Waals surface area contributed by atoms with E-state index >= 15 is 0 Å². The van der Waals surface area contributed by atoms with E-state index in [0.717, 1.165) is 0 Å². The molecule has 0 saturated carbocycles. The third kappa shape index (κ3) is 3.30. The van der Waals surface area contributed by atoms with E-state index in [1.807, 2.05) is 13.8 Å². The maximum Gasteiger partial charge on any atom is 0.273 e. The Morgan fingerprint density at radius 2 is 2.11 bits per heavy atom. The third-order valence-electron chi connectivity index (χ3n) is 2.20. The van der Waals surface area contributed by atoms with Crippen molar-refractivity contribution in [3.8, 4) is 17.1 Å². The number of nitrogens with zero attached hydrogens (tertiary/aromatic N) is 2. The average molecular weight is 282 g/mol. The summed E-state index contributed by atoms with van der Waals surface area (Å²) in [7, 11) is -3.88. The molecule has 0 spiro atoms. The highest BCUT2D eigenvalue weighted by atomic mass is 32.2. The number of H-pyrrole nitrogens is 1. The summed E-state index contributed by atoms with van der Waals surface area (Å²) in [5, 5.41) is 10.7. The average Bonchev–Trinajstić information content (AvgIpc) is 2.77. The van der Waals surface area contributed by atoms with Crippen LogP contribution in [0.15, 0.2) is 29.4 Å². The van der Waals surface area contributed by atoms with Crippen molar-refractivity contribution in [2.24, 2.45) is 5.14 Å². The van der Waals surface area contributed by atoms with Gasteiger partial charge in [0.05, 0.1) is 6.10 Å². The Kier molecular flexibility index (Phi) is 3.54. The molecule has 0 radical (unpaired) electrons. The molecular formula is C11H14N4O3S. The van der Waals surface area contributed by atoms with E-state index in [1.54, 1.807) is 24.3 Å². The lowest BCUT2D eigenvalue weighted by molar-refractivity contribution is 0.242. The maximum absolute atomic E-state index is 11.1. The van der Waals surface area contributed by atoms with Gasteiger partial charge in [0.2, 0.25) is 0 Å². The van der Waals surface area contributed by atoms with Crippen molar-refractivity contribution in [3.63, 3.8) is 0 Å². The molecular weight excluding hydrogens is 268 g/mol. The monoisotopic (exact) mass is 282 g/mol. The van der Waals surface area contributed by atoms with Gasteiger partial charge in [-0.15, -0.1) is 0 Å². The second kappa shape index (κ2) is 4.98. The van der Waals surface area contributed by atoms with Crippen LogP contribution in [0.1, 0.15) is 13.8 Å². The van der Waals surface area contributed by atoms with E-state index in [9.17, 15) is 8.42 Å². The smallest absolute Gasteiger partial charge is 0.273 e. The highest BCUT2D eigenvalue weighted by molar-refractivity contribution is 7.89. The molecule has 0 aliphatic carbocycles. The van der Waals surface area contributed by atoms with Gasteiger partial charge in [-0.1, -0.05) is 12.1 Å². The van der Waals surface area contributed by atoms with Gasteiger partial charge < -0.3 is 4.74 Å². The molecule has 0 bridgehead atoms. The summed E-state index contributed by atoms with van der Waals surface area (Å²) in [6, 6.07) is 7.07. The van der Waals surface area contributed by atoms with E-state index < -0.39 is 10.0 Å². The molecule has 0 atom stereocenters. The van der Waals surface area contributed by atoms with Crippen molar-refractivity contribution >= 4 is 10.0 Å². The van der Waals surface area contributed by atoms with Crippen molar-refractivity contribution in [3.05, 3.63) is 24.3 Å². The summed E-state index contributed by atoms with van der Waals surface area (Å²) in [6.45, 7) is 3.83. The minimum absolute atomic E-state index is 0.0439. The summed E-state index contributed by atoms with van der Waals surface area (Å²) < 4.78 is 27.8. The number of aromatic amines is 1. The Labute approximate surface area is 110 Å². The Hall–Kier alpha value is -1.93. The summed E-state index contributed by atoms with van der Waals surface area (Å²) in [4.78, 5) is 3.84. The summed E-state index contributed by atoms with van der Waals surface area (Å²) in [5.74, 6) is 0.910. The van der Waals surface area contributed by atoms with E-state index in [1.165, 1.54) is 0 Å². The zero-order chi connectivity index (χ0) is 14.0. The van der Waals surface area contributed by atoms with Gasteiger partial charge >= 0.3 is 0 Å². The molecule has 102 valence electrons. The number of hydrogen-bond donors (Lipinski definition) is 2. The van der Waals surface area contributed by atoms with E-state index in [0.29, 0.717) is 11.3 Å². The third-order valence-corrected chi connectivity index (χ3v) is 2.92. The second-order valence-corrected chi connectivity index (χ2v) is 5.68. The lowest BCUT2D eigenvalue weighted by Crippen LogP contribution is -2.13. The van der Waals surface area contributed by atoms with Gasteiger partial charge in [-0.3, -0.25) is 0 Å². The van der Waals surface area contributed by atoms with E-state index in [4.69, 9.17) is 9.88 Å². The summed E-state index contributed by atoms with van der Waals surface area (Å²) >= 11 is 0. The van der Waals surface area contributed by atoms with Crippen LogP contribution in [0.25, 0.3) is 11.4 Å². The van der Waals surface area contributed by atoms with Crippen LogP contribution in [0.5, 0.6) is 5.75 Å². The van der Waals surface area contributed by atoms with Crippen LogP contribution < -0.4 is 9.88 Å². The highest BCUT2D eigenvalue weighted by Gasteiger charge is 2.15. The van der Waals surface area contributed by atoms with Crippen LogP contribution >= 0.6 is 0 Å². The number of sulfonamides is 1. The predicted octanol–water partition coefficient (Wildman–Crippen LogP) is 0.906. The number of hydrogen-bond acceptors (Lipinski definition) is 5. The molecule has 1 heterocycles. The van der Waals surface area contributed by atoms with Gasteiger partial charge in [0, 0.05) is 5.56 Å². The molecule has 2 rings (SSSR count). The fourth-order valence-electron chi connectivity index (χ4n) is 1.48. The Balaban J connectivity index is 2.34. The largest absolute Gasteiger partial charge is 0.491 e. The molecule has 0 aliphatic heterocycles. The first-order valence-electron chi connectivity index (χ1n) is 5.58. The minimum Gasteiger partial charge on any atom is -0.491 e. The van der Waals surface area contributed by atoms with Crippen LogP contribution in [-0.2, 0) is 10.0 Å². The highest BCUT2D eigenvalue weighted by Crippen LogP contribution is 2.22. The van der Waals surface area contributed by atoms with Crippen molar-refractivity contribution in [1.29, 1.82) is 0 Å². The fourth-order valence-corrected chi connectivity index (χ4v) is 1.87. The van der Waals surface area contributed by atoms with Crippen molar-refractivity contribution in [2.45, 2.75) is 25.1 Å². The van der Waals surface area contributed by atoms with Gasteiger partial charge in [-0.05, 0) is 26.0 Å². The number of ether oxygens (including phenoxy) is 1. The van der Waals surface area contributed by atoms with E-state index in [2.05, 4.69) is 15.2 Å². The first-order chi connectivity index (χ1) is 8.86. The van der Waals surface area contributed by atoms with E-state index in [-0.39, 0.29) is 17.1 Å². The molecule has 0 saturated heterocycles. The number of nitrogens with one attached hydrogen (secondary N) is 1. The van der Waals surface area contributed by atoms with Gasteiger partial charge in [0.25, 0.3) is 15.2 Å². The van der Waals surface area contributed by atoms with Crippen LogP contribution in [0, 0.1) is 0 Å². The van der Waals surface area contributed by atoms with Crippen molar-refractivity contribution in [1.82, 2.24) is 15.2 Å². The first kappa shape index (κ1) is 13.5. The standard InChI is InChI=1S/C11H14N4O3S/c1-7(2)18-9-5-3-4-8(6-9)10-13-11(15-14-10)19(12,16)17/h3-7H,1-2H3,(H2,12,16,17)(H,13,14,15). The molecule has 0 aliphatic rings. The van der Waals surface area contributed by atoms with Crippen molar-refractivity contribution < 1.29 is 13.2 Å². The lowest BCUT2D eigenvalue weighted by atomic mass is 10.2. The molecule has 0 fully saturated rings. The quantitative estimate of drug-likeness (QED) is 0.865. The number of nitrogens with two attached hydrogens (primary N) is 1. The lowest BCUT2D eigenvalue weighted by Gasteiger charge is -2.09. The Morgan fingerprint density at radius 1 is 1.37 bits per heavy atom. The van der Waals surface area contributed by atoms with Crippen LogP contribution in [0.3, 0.4) is 0 Å². The zero-order valence-electron chi connectivity index (χ0n) is 10.5. The SMILES string of the molecule is CC(C)Oc1cccc(-c2n[nH]c(S(N)(=O)=O)n2)c1. The molecule has 1 aromatic carbocycles. The number of primary sulfonamides is 1. The fraction of sp³-hybridized carbons (Fsp3) is 0.273. The second-order valence-electron chi connectivity index (χ2n) is 4.20. The van der Waals surface area contributed by atoms with Gasteiger partial charge in [0.15, 0.2) is 5.82 Å². The molecule has 0 amide bonds. The molecule has 0 unspecified atom stereocenters. The zero-order valence-corrected chi connectivity index (χ0v) is 11.3. The normalized spacial score (nSPS) is 11.8. The number of benzene rings is 1. The topological polar surface area (TPSA) is 111 Å². The summed E-state index contributed by atoms with van der Waals surface area (Å²) in [6.07, 6.45) is 0.0439. The molecule has 8 heteroatoms. The molecule has 2 aromatic rings. The van der Waals surface area contributed by atoms with Crippen molar-refractivity contribution in [2.75, 3.05) is 0 Å². The predicted molar refractivity (Wildman–Crippen MR) is 69.0 cm³/mol.